The number of nitrogens with zero attached hydrogens (tertiary/aromatic N) is 2. The molecule has 0 saturated carbocycles. The third kappa shape index (κ3) is 9.24. The summed E-state index contributed by atoms with van der Waals surface area (Å²) in [7, 11) is 0. The highest BCUT2D eigenvalue weighted by Crippen LogP contribution is 2.29. The number of anilines is 2. The zero-order valence-electron chi connectivity index (χ0n) is 27.7. The van der Waals surface area contributed by atoms with Gasteiger partial charge in [-0.3, -0.25) is 9.69 Å². The van der Waals surface area contributed by atoms with Gasteiger partial charge in [-0.25, -0.2) is 4.79 Å². The van der Waals surface area contributed by atoms with E-state index in [0.717, 1.165) is 69.4 Å². The highest BCUT2D eigenvalue weighted by molar-refractivity contribution is 6.04. The van der Waals surface area contributed by atoms with E-state index in [4.69, 9.17) is 4.74 Å². The van der Waals surface area contributed by atoms with E-state index in [1.165, 1.54) is 11.4 Å². The minimum Gasteiger partial charge on any atom is -0.457 e. The Morgan fingerprint density at radius 2 is 1.55 bits per heavy atom. The Morgan fingerprint density at radius 3 is 2.23 bits per heavy atom. The van der Waals surface area contributed by atoms with Crippen LogP contribution in [0, 0.1) is 6.92 Å². The van der Waals surface area contributed by atoms with E-state index in [1.807, 2.05) is 61.5 Å². The van der Waals surface area contributed by atoms with Crippen molar-refractivity contribution in [3.8, 4) is 17.2 Å². The molecule has 0 bridgehead atoms. The monoisotopic (exact) mass is 637 g/mol. The molecule has 3 aromatic carbocycles. The fraction of sp³-hybridized carbons (Fsp3) is 0.368. The van der Waals surface area contributed by atoms with Crippen LogP contribution in [-0.4, -0.2) is 52.3 Å². The second-order valence-electron chi connectivity index (χ2n) is 12.2. The van der Waals surface area contributed by atoms with E-state index in [-0.39, 0.29) is 18.0 Å². The van der Waals surface area contributed by atoms with Crippen molar-refractivity contribution in [1.82, 2.24) is 14.8 Å². The number of likely N-dealkylation sites (tertiary alicyclic amines) is 1. The summed E-state index contributed by atoms with van der Waals surface area (Å²) in [5, 5.41) is 18.6. The third-order valence-corrected chi connectivity index (χ3v) is 8.57. The minimum atomic E-state index is -0.217. The number of carbonyl (C=O) groups excluding carboxylic acids is 2. The fourth-order valence-corrected chi connectivity index (χ4v) is 5.86. The van der Waals surface area contributed by atoms with E-state index in [0.29, 0.717) is 35.0 Å². The molecule has 0 radical (unpaired) electrons. The van der Waals surface area contributed by atoms with Crippen LogP contribution in [-0.2, 0) is 13.0 Å². The number of ether oxygens (including phenoxy) is 1. The Morgan fingerprint density at radius 1 is 0.851 bits per heavy atom. The number of aromatic nitrogens is 1. The van der Waals surface area contributed by atoms with Crippen LogP contribution >= 0.6 is 0 Å². The van der Waals surface area contributed by atoms with Crippen molar-refractivity contribution in [2.75, 3.05) is 30.3 Å². The molecule has 5 rings (SSSR count). The summed E-state index contributed by atoms with van der Waals surface area (Å²) < 4.78 is 8.36. The normalized spacial score (nSPS) is 13.7. The largest absolute Gasteiger partial charge is 0.457 e. The van der Waals surface area contributed by atoms with Gasteiger partial charge in [-0.15, -0.1) is 0 Å². The van der Waals surface area contributed by atoms with Crippen molar-refractivity contribution in [1.29, 1.82) is 0 Å². The zero-order valence-corrected chi connectivity index (χ0v) is 27.7. The molecule has 47 heavy (non-hydrogen) atoms. The molecule has 4 aromatic rings. The van der Waals surface area contributed by atoms with E-state index in [9.17, 15) is 14.7 Å². The summed E-state index contributed by atoms with van der Waals surface area (Å²) in [6, 6.07) is 24.7. The molecule has 2 heterocycles. The van der Waals surface area contributed by atoms with Crippen LogP contribution < -0.4 is 20.7 Å². The predicted molar refractivity (Wildman–Crippen MR) is 188 cm³/mol. The van der Waals surface area contributed by atoms with Crippen molar-refractivity contribution in [2.24, 2.45) is 0 Å². The van der Waals surface area contributed by atoms with Gasteiger partial charge >= 0.3 is 6.03 Å². The molecule has 1 fully saturated rings. The average Bonchev–Trinajstić information content (AvgIpc) is 3.48. The lowest BCUT2D eigenvalue weighted by atomic mass is 10.1. The van der Waals surface area contributed by atoms with Crippen LogP contribution in [0.4, 0.5) is 16.2 Å². The summed E-state index contributed by atoms with van der Waals surface area (Å²) >= 11 is 0. The number of urea groups is 1. The van der Waals surface area contributed by atoms with Crippen molar-refractivity contribution >= 4 is 23.3 Å². The van der Waals surface area contributed by atoms with Crippen LogP contribution in [0.2, 0.25) is 0 Å². The maximum atomic E-state index is 13.2. The fourth-order valence-electron chi connectivity index (χ4n) is 5.86. The molecule has 1 aromatic heterocycles. The van der Waals surface area contributed by atoms with Crippen molar-refractivity contribution in [3.63, 3.8) is 0 Å². The highest BCUT2D eigenvalue weighted by atomic mass is 16.5. The topological polar surface area (TPSA) is 108 Å². The first-order chi connectivity index (χ1) is 22.8. The van der Waals surface area contributed by atoms with Gasteiger partial charge in [-0.1, -0.05) is 26.7 Å². The third-order valence-electron chi connectivity index (χ3n) is 8.57. The number of aliphatic hydroxyl groups excluding tert-OH is 1. The smallest absolute Gasteiger partial charge is 0.319 e. The van der Waals surface area contributed by atoms with Crippen LogP contribution in [0.15, 0.2) is 78.9 Å². The predicted octanol–water partition coefficient (Wildman–Crippen LogP) is 7.66. The molecule has 0 atom stereocenters. The Bertz CT molecular complexity index is 1620. The molecule has 248 valence electrons. The van der Waals surface area contributed by atoms with Crippen LogP contribution in [0.25, 0.3) is 5.69 Å². The second kappa shape index (κ2) is 16.3. The summed E-state index contributed by atoms with van der Waals surface area (Å²) in [5.41, 5.74) is 6.28. The van der Waals surface area contributed by atoms with Gasteiger partial charge in [0.25, 0.3) is 5.91 Å². The summed E-state index contributed by atoms with van der Waals surface area (Å²) in [4.78, 5) is 27.6. The summed E-state index contributed by atoms with van der Waals surface area (Å²) in [6.45, 7) is 9.49. The number of carbonyl (C=O) groups is 2. The molecule has 4 N–H and O–H groups in total. The maximum absolute atomic E-state index is 13.2. The van der Waals surface area contributed by atoms with Crippen LogP contribution in [0.1, 0.15) is 73.3 Å². The highest BCUT2D eigenvalue weighted by Gasteiger charge is 2.19. The van der Waals surface area contributed by atoms with Gasteiger partial charge in [0.05, 0.1) is 6.10 Å². The van der Waals surface area contributed by atoms with E-state index in [1.54, 1.807) is 12.1 Å². The summed E-state index contributed by atoms with van der Waals surface area (Å²) in [6.07, 6.45) is 5.51. The number of aryl methyl sites for hydroxylation is 2. The molecule has 9 heteroatoms. The number of benzene rings is 3. The number of aliphatic hydroxyl groups is 1. The molecule has 1 aliphatic heterocycles. The number of hydrogen-bond acceptors (Lipinski definition) is 5. The first-order valence-corrected chi connectivity index (χ1v) is 16.8. The standard InChI is InChI=1S/C38H47N5O4/c1-4-6-7-22-39-38(46)41-29-10-17-35(18-11-29)47-36-19-12-30(25-27(36)3)40-37(45)28-8-13-32(14-9-28)43-31(5-2)15-16-33(43)26-42-23-20-34(44)21-24-42/h8-19,25,34,44H,4-7,20-24,26H2,1-3H3,(H,40,45)(H2,39,41,46). The molecular formula is C38H47N5O4. The van der Waals surface area contributed by atoms with Gasteiger partial charge in [0.1, 0.15) is 11.5 Å². The van der Waals surface area contributed by atoms with E-state index in [2.05, 4.69) is 51.4 Å². The van der Waals surface area contributed by atoms with Gasteiger partial charge in [-0.2, -0.15) is 0 Å². The molecule has 9 nitrogen and oxygen atoms in total. The second-order valence-corrected chi connectivity index (χ2v) is 12.2. The number of piperidine rings is 1. The Labute approximate surface area is 277 Å². The molecule has 3 amide bonds. The SMILES string of the molecule is CCCCCNC(=O)Nc1ccc(Oc2ccc(NC(=O)c3ccc(-n4c(CC)ccc4CN4CCC(O)CC4)cc3)cc2C)cc1. The van der Waals surface area contributed by atoms with Gasteiger partial charge < -0.3 is 30.4 Å². The van der Waals surface area contributed by atoms with Crippen LogP contribution in [0.5, 0.6) is 11.5 Å². The number of nitrogens with one attached hydrogen (secondary N) is 3. The number of unbranched alkanes of at least 4 members (excludes halogenated alkanes) is 2. The number of rotatable bonds is 13. The maximum Gasteiger partial charge on any atom is 0.319 e. The number of hydrogen-bond donors (Lipinski definition) is 4. The van der Waals surface area contributed by atoms with Crippen molar-refractivity contribution in [2.45, 2.75) is 71.9 Å². The van der Waals surface area contributed by atoms with Gasteiger partial charge in [0.2, 0.25) is 0 Å². The Hall–Kier alpha value is -4.60. The first-order valence-electron chi connectivity index (χ1n) is 16.8. The zero-order chi connectivity index (χ0) is 33.2. The Kier molecular flexibility index (Phi) is 11.7. The lowest BCUT2D eigenvalue weighted by molar-refractivity contribution is 0.0784. The molecule has 1 aliphatic rings. The average molecular weight is 638 g/mol. The number of amides is 3. The molecule has 0 spiro atoms. The van der Waals surface area contributed by atoms with Crippen molar-refractivity contribution in [3.05, 3.63) is 101 Å². The van der Waals surface area contributed by atoms with Gasteiger partial charge in [-0.05, 0) is 117 Å². The quantitative estimate of drug-likeness (QED) is 0.113. The van der Waals surface area contributed by atoms with Crippen molar-refractivity contribution < 1.29 is 19.4 Å². The Balaban J connectivity index is 1.17. The molecule has 1 saturated heterocycles. The minimum absolute atomic E-state index is 0.183. The molecule has 0 unspecified atom stereocenters. The van der Waals surface area contributed by atoms with E-state index >= 15 is 0 Å². The lowest BCUT2D eigenvalue weighted by Crippen LogP contribution is -2.35. The molecular weight excluding hydrogens is 590 g/mol. The molecule has 0 aliphatic carbocycles. The van der Waals surface area contributed by atoms with E-state index < -0.39 is 0 Å². The van der Waals surface area contributed by atoms with Crippen LogP contribution in [0.3, 0.4) is 0 Å². The first kappa shape index (κ1) is 33.8. The van der Waals surface area contributed by atoms with Gasteiger partial charge in [0.15, 0.2) is 0 Å². The van der Waals surface area contributed by atoms with Gasteiger partial charge in [0, 0.05) is 60.2 Å². The summed E-state index contributed by atoms with van der Waals surface area (Å²) in [5.74, 6) is 1.14. The lowest BCUT2D eigenvalue weighted by Gasteiger charge is -2.30.